The molecule has 0 aliphatic carbocycles. The lowest BCUT2D eigenvalue weighted by atomic mass is 10.0. The Morgan fingerprint density at radius 2 is 1.82 bits per heavy atom. The van der Waals surface area contributed by atoms with E-state index in [1.165, 1.54) is 0 Å². The van der Waals surface area contributed by atoms with E-state index < -0.39 is 5.78 Å². The molecule has 2 aromatic heterocycles. The van der Waals surface area contributed by atoms with Gasteiger partial charge in [-0.2, -0.15) is 0 Å². The summed E-state index contributed by atoms with van der Waals surface area (Å²) in [6, 6.07) is 17.4. The van der Waals surface area contributed by atoms with Crippen LogP contribution in [-0.2, 0) is 11.3 Å². The highest BCUT2D eigenvalue weighted by atomic mass is 16.3. The number of carbonyl (C=O) groups excluding carboxylic acids is 2. The van der Waals surface area contributed by atoms with E-state index in [2.05, 4.69) is 10.3 Å². The molecular weight excluding hydrogens is 354 g/mol. The van der Waals surface area contributed by atoms with Gasteiger partial charge in [0.2, 0.25) is 5.78 Å². The molecular formula is C22H19N3O3. The van der Waals surface area contributed by atoms with E-state index in [1.807, 2.05) is 65.4 Å². The van der Waals surface area contributed by atoms with Crippen molar-refractivity contribution in [2.45, 2.75) is 6.54 Å². The van der Waals surface area contributed by atoms with Crippen molar-refractivity contribution < 1.29 is 14.7 Å². The number of ketones is 1. The van der Waals surface area contributed by atoms with Gasteiger partial charge in [-0.3, -0.25) is 9.59 Å². The third kappa shape index (κ3) is 3.10. The largest absolute Gasteiger partial charge is 0.395 e. The molecule has 0 saturated carbocycles. The molecule has 4 aromatic rings. The summed E-state index contributed by atoms with van der Waals surface area (Å²) in [6.45, 7) is 0.488. The van der Waals surface area contributed by atoms with Gasteiger partial charge in [-0.15, -0.1) is 0 Å². The molecule has 0 bridgehead atoms. The Labute approximate surface area is 161 Å². The van der Waals surface area contributed by atoms with Crippen molar-refractivity contribution in [3.63, 3.8) is 0 Å². The number of Topliss-reactive ketones (excluding diaryl/α,β-unsaturated/α-hetero) is 1. The SMILES string of the molecule is O=CC(=O)c1[nH]cc(-c2cn(CCO)c3ccccc23)c1Nc1ccccc1. The summed E-state index contributed by atoms with van der Waals surface area (Å²) in [5.41, 5.74) is 4.25. The number of anilines is 2. The van der Waals surface area contributed by atoms with Gasteiger partial charge in [0.05, 0.1) is 12.3 Å². The molecule has 0 fully saturated rings. The van der Waals surface area contributed by atoms with Crippen molar-refractivity contribution in [2.75, 3.05) is 11.9 Å². The number of aliphatic hydroxyl groups is 1. The first-order chi connectivity index (χ1) is 13.7. The highest BCUT2D eigenvalue weighted by Crippen LogP contribution is 2.38. The van der Waals surface area contributed by atoms with Crippen LogP contribution in [0.5, 0.6) is 0 Å². The van der Waals surface area contributed by atoms with E-state index in [4.69, 9.17) is 0 Å². The molecule has 140 valence electrons. The number of carbonyl (C=O) groups is 2. The summed E-state index contributed by atoms with van der Waals surface area (Å²) in [4.78, 5) is 26.2. The predicted octanol–water partition coefficient (Wildman–Crippen LogP) is 3.75. The summed E-state index contributed by atoms with van der Waals surface area (Å²) in [7, 11) is 0. The second kappa shape index (κ2) is 7.54. The average Bonchev–Trinajstić information content (AvgIpc) is 3.30. The Morgan fingerprint density at radius 1 is 1.07 bits per heavy atom. The Bertz CT molecular complexity index is 1140. The lowest BCUT2D eigenvalue weighted by Crippen LogP contribution is -2.04. The van der Waals surface area contributed by atoms with Gasteiger partial charge in [-0.05, 0) is 18.2 Å². The molecule has 0 saturated heterocycles. The number of aromatic amines is 1. The first kappa shape index (κ1) is 17.8. The molecule has 2 aromatic carbocycles. The third-order valence-electron chi connectivity index (χ3n) is 4.70. The number of aldehydes is 1. The zero-order valence-corrected chi connectivity index (χ0v) is 15.1. The minimum atomic E-state index is -0.622. The van der Waals surface area contributed by atoms with Gasteiger partial charge in [0.1, 0.15) is 5.69 Å². The quantitative estimate of drug-likeness (QED) is 0.262. The molecule has 0 amide bonds. The van der Waals surface area contributed by atoms with Crippen LogP contribution in [0.3, 0.4) is 0 Å². The van der Waals surface area contributed by atoms with Crippen LogP contribution < -0.4 is 5.32 Å². The maximum atomic E-state index is 12.2. The van der Waals surface area contributed by atoms with Gasteiger partial charge < -0.3 is 20.0 Å². The van der Waals surface area contributed by atoms with Crippen molar-refractivity contribution in [3.05, 3.63) is 72.7 Å². The molecule has 2 heterocycles. The van der Waals surface area contributed by atoms with Crippen LogP contribution in [0.1, 0.15) is 10.5 Å². The monoisotopic (exact) mass is 373 g/mol. The number of aromatic nitrogens is 2. The number of rotatable bonds is 7. The van der Waals surface area contributed by atoms with Gasteiger partial charge in [0, 0.05) is 46.7 Å². The minimum Gasteiger partial charge on any atom is -0.395 e. The summed E-state index contributed by atoms with van der Waals surface area (Å²) in [5.74, 6) is -0.622. The van der Waals surface area contributed by atoms with Gasteiger partial charge in [-0.25, -0.2) is 0 Å². The van der Waals surface area contributed by atoms with Crippen molar-refractivity contribution in [1.29, 1.82) is 0 Å². The van der Waals surface area contributed by atoms with Crippen LogP contribution in [-0.4, -0.2) is 33.3 Å². The highest BCUT2D eigenvalue weighted by Gasteiger charge is 2.21. The number of aliphatic hydroxyl groups excluding tert-OH is 1. The number of para-hydroxylation sites is 2. The second-order valence-corrected chi connectivity index (χ2v) is 6.40. The zero-order valence-electron chi connectivity index (χ0n) is 15.1. The third-order valence-corrected chi connectivity index (χ3v) is 4.70. The van der Waals surface area contributed by atoms with Crippen molar-refractivity contribution >= 4 is 34.3 Å². The fourth-order valence-electron chi connectivity index (χ4n) is 3.44. The molecule has 28 heavy (non-hydrogen) atoms. The molecule has 6 heteroatoms. The topological polar surface area (TPSA) is 87.1 Å². The normalized spacial score (nSPS) is 10.9. The molecule has 0 aliphatic heterocycles. The van der Waals surface area contributed by atoms with E-state index in [0.717, 1.165) is 27.7 Å². The molecule has 0 radical (unpaired) electrons. The van der Waals surface area contributed by atoms with Gasteiger partial charge in [-0.1, -0.05) is 36.4 Å². The second-order valence-electron chi connectivity index (χ2n) is 6.40. The van der Waals surface area contributed by atoms with E-state index in [9.17, 15) is 14.7 Å². The summed E-state index contributed by atoms with van der Waals surface area (Å²) in [6.07, 6.45) is 3.99. The van der Waals surface area contributed by atoms with E-state index in [0.29, 0.717) is 18.5 Å². The van der Waals surface area contributed by atoms with Gasteiger partial charge in [0.15, 0.2) is 6.29 Å². The van der Waals surface area contributed by atoms with E-state index in [1.54, 1.807) is 6.20 Å². The number of benzene rings is 2. The number of nitrogens with zero attached hydrogens (tertiary/aromatic N) is 1. The molecule has 0 spiro atoms. The van der Waals surface area contributed by atoms with Crippen LogP contribution in [0.15, 0.2) is 67.0 Å². The highest BCUT2D eigenvalue weighted by molar-refractivity contribution is 6.35. The van der Waals surface area contributed by atoms with Crippen molar-refractivity contribution in [2.24, 2.45) is 0 Å². The first-order valence-corrected chi connectivity index (χ1v) is 8.95. The van der Waals surface area contributed by atoms with E-state index >= 15 is 0 Å². The Balaban J connectivity index is 1.91. The van der Waals surface area contributed by atoms with Crippen LogP contribution in [0.2, 0.25) is 0 Å². The van der Waals surface area contributed by atoms with Crippen molar-refractivity contribution in [1.82, 2.24) is 9.55 Å². The van der Waals surface area contributed by atoms with Crippen LogP contribution >= 0.6 is 0 Å². The van der Waals surface area contributed by atoms with Crippen LogP contribution in [0.4, 0.5) is 11.4 Å². The summed E-state index contributed by atoms with van der Waals surface area (Å²) >= 11 is 0. The van der Waals surface area contributed by atoms with Gasteiger partial charge >= 0.3 is 0 Å². The fourth-order valence-corrected chi connectivity index (χ4v) is 3.44. The fraction of sp³-hybridized carbons (Fsp3) is 0.0909. The smallest absolute Gasteiger partial charge is 0.243 e. The molecule has 0 atom stereocenters. The minimum absolute atomic E-state index is 0.0231. The number of hydrogen-bond donors (Lipinski definition) is 3. The summed E-state index contributed by atoms with van der Waals surface area (Å²) in [5, 5.41) is 13.7. The average molecular weight is 373 g/mol. The predicted molar refractivity (Wildman–Crippen MR) is 109 cm³/mol. The lowest BCUT2D eigenvalue weighted by molar-refractivity contribution is -0.104. The standard InChI is InChI=1S/C22H19N3O3/c26-11-10-25-13-18(16-8-4-5-9-19(16)25)17-12-23-22(20(28)14-27)21(17)24-15-6-2-1-3-7-15/h1-9,12-14,23-24,26H,10-11H2. The number of hydrogen-bond acceptors (Lipinski definition) is 4. The van der Waals surface area contributed by atoms with Gasteiger partial charge in [0.25, 0.3) is 0 Å². The molecule has 0 aliphatic rings. The summed E-state index contributed by atoms with van der Waals surface area (Å²) < 4.78 is 1.98. The van der Waals surface area contributed by atoms with Crippen molar-refractivity contribution in [3.8, 4) is 11.1 Å². The van der Waals surface area contributed by atoms with Crippen LogP contribution in [0, 0.1) is 0 Å². The molecule has 3 N–H and O–H groups in total. The zero-order chi connectivity index (χ0) is 19.5. The molecule has 0 unspecified atom stereocenters. The molecule has 6 nitrogen and oxygen atoms in total. The maximum absolute atomic E-state index is 12.2. The Morgan fingerprint density at radius 3 is 2.57 bits per heavy atom. The maximum Gasteiger partial charge on any atom is 0.243 e. The molecule has 4 rings (SSSR count). The first-order valence-electron chi connectivity index (χ1n) is 8.95. The number of fused-ring (bicyclic) bond motifs is 1. The van der Waals surface area contributed by atoms with Crippen LogP contribution in [0.25, 0.3) is 22.0 Å². The Kier molecular flexibility index (Phi) is 4.78. The lowest BCUT2D eigenvalue weighted by Gasteiger charge is -2.09. The van der Waals surface area contributed by atoms with E-state index in [-0.39, 0.29) is 12.3 Å². The number of nitrogens with one attached hydrogen (secondary N) is 2. The number of H-pyrrole nitrogens is 1. The Hall–Kier alpha value is -3.64.